The third-order valence-corrected chi connectivity index (χ3v) is 6.00. The van der Waals surface area contributed by atoms with Crippen LogP contribution in [0.2, 0.25) is 10.0 Å². The van der Waals surface area contributed by atoms with Crippen molar-refractivity contribution in [1.29, 1.82) is 0 Å². The monoisotopic (exact) mass is 480 g/mol. The maximum absolute atomic E-state index is 13.2. The molecule has 0 radical (unpaired) electrons. The van der Waals surface area contributed by atoms with E-state index in [1.54, 1.807) is 30.7 Å². The van der Waals surface area contributed by atoms with Gasteiger partial charge in [-0.05, 0) is 41.8 Å². The summed E-state index contributed by atoms with van der Waals surface area (Å²) in [5.74, 6) is 0.456. The smallest absolute Gasteiger partial charge is 0.331 e. The van der Waals surface area contributed by atoms with E-state index < -0.39 is 21.9 Å². The van der Waals surface area contributed by atoms with Crippen molar-refractivity contribution in [3.8, 4) is 0 Å². The molecule has 3 rings (SSSR count). The largest absolute Gasteiger partial charge is 0.416 e. The summed E-state index contributed by atoms with van der Waals surface area (Å²) in [6.07, 6.45) is -3.41. The highest BCUT2D eigenvalue weighted by Gasteiger charge is 2.32. The van der Waals surface area contributed by atoms with Crippen LogP contribution >= 0.6 is 23.2 Å². The highest BCUT2D eigenvalue weighted by Crippen LogP contribution is 2.35. The first-order valence-electron chi connectivity index (χ1n) is 8.61. The molecule has 0 saturated carbocycles. The molecule has 0 spiro atoms. The predicted molar refractivity (Wildman–Crippen MR) is 109 cm³/mol. The molecule has 0 unspecified atom stereocenters. The lowest BCUT2D eigenvalue weighted by Crippen LogP contribution is -2.06. The minimum absolute atomic E-state index is 0.135. The number of hydrogen-bond donors (Lipinski definition) is 0. The van der Waals surface area contributed by atoms with Gasteiger partial charge in [0, 0.05) is 18.5 Å². The first kappa shape index (κ1) is 22.9. The molecule has 0 bridgehead atoms. The van der Waals surface area contributed by atoms with Crippen LogP contribution in [0.15, 0.2) is 24.3 Å². The van der Waals surface area contributed by atoms with Crippen LogP contribution in [-0.2, 0) is 40.6 Å². The van der Waals surface area contributed by atoms with Crippen LogP contribution in [-0.4, -0.2) is 24.2 Å². The Labute approximate surface area is 181 Å². The number of fused-ring (bicyclic) bond motifs is 1. The molecule has 0 saturated heterocycles. The maximum Gasteiger partial charge on any atom is 0.416 e. The number of rotatable bonds is 5. The summed E-state index contributed by atoms with van der Waals surface area (Å²) < 4.78 is 68.4. The highest BCUT2D eigenvalue weighted by molar-refractivity contribution is 7.85. The molecule has 0 amide bonds. The molecule has 0 aliphatic heterocycles. The fourth-order valence-corrected chi connectivity index (χ4v) is 3.98. The number of hydrogen-bond acceptors (Lipinski definition) is 4. The van der Waals surface area contributed by atoms with Crippen molar-refractivity contribution in [2.24, 2.45) is 7.05 Å². The Kier molecular flexibility index (Phi) is 6.12. The van der Waals surface area contributed by atoms with E-state index in [4.69, 9.17) is 27.4 Å². The van der Waals surface area contributed by atoms with Gasteiger partial charge in [-0.3, -0.25) is 4.18 Å². The lowest BCUT2D eigenvalue weighted by atomic mass is 10.1. The van der Waals surface area contributed by atoms with Gasteiger partial charge in [0.2, 0.25) is 0 Å². The number of imidazole rings is 1. The molecule has 0 atom stereocenters. The first-order chi connectivity index (χ1) is 13.8. The van der Waals surface area contributed by atoms with Gasteiger partial charge in [0.25, 0.3) is 10.1 Å². The average molecular weight is 481 g/mol. The first-order valence-corrected chi connectivity index (χ1v) is 11.2. The van der Waals surface area contributed by atoms with Crippen LogP contribution in [0.4, 0.5) is 13.2 Å². The Balaban J connectivity index is 2.04. The van der Waals surface area contributed by atoms with Gasteiger partial charge in [-0.25, -0.2) is 4.98 Å². The summed E-state index contributed by atoms with van der Waals surface area (Å²) in [6.45, 7) is 1.30. The van der Waals surface area contributed by atoms with Gasteiger partial charge in [0.05, 0.1) is 34.5 Å². The molecule has 162 valence electrons. The molecular weight excluding hydrogens is 464 g/mol. The lowest BCUT2D eigenvalue weighted by Gasteiger charge is -2.12. The maximum atomic E-state index is 13.2. The van der Waals surface area contributed by atoms with E-state index in [1.807, 2.05) is 0 Å². The van der Waals surface area contributed by atoms with Crippen molar-refractivity contribution in [1.82, 2.24) is 9.55 Å². The summed E-state index contributed by atoms with van der Waals surface area (Å²) in [5, 5.41) is 0.536. The highest BCUT2D eigenvalue weighted by atomic mass is 35.5. The summed E-state index contributed by atoms with van der Waals surface area (Å²) in [7, 11) is -2.05. The lowest BCUT2D eigenvalue weighted by molar-refractivity contribution is -0.137. The Morgan fingerprint density at radius 3 is 2.47 bits per heavy atom. The molecular formula is C19H17Cl2F3N2O3S. The van der Waals surface area contributed by atoms with Gasteiger partial charge in [0.15, 0.2) is 0 Å². The zero-order valence-electron chi connectivity index (χ0n) is 16.1. The number of aromatic nitrogens is 2. The van der Waals surface area contributed by atoms with Gasteiger partial charge in [-0.2, -0.15) is 21.6 Å². The molecule has 11 heteroatoms. The second-order valence-corrected chi connectivity index (χ2v) is 9.32. The zero-order valence-corrected chi connectivity index (χ0v) is 18.5. The van der Waals surface area contributed by atoms with E-state index in [0.717, 1.165) is 18.4 Å². The van der Waals surface area contributed by atoms with E-state index in [9.17, 15) is 21.6 Å². The SMILES string of the molecule is Cc1cc(C(F)(F)F)cc2c1nc(Cc1c(Cl)ccc(COS(C)(=O)=O)c1Cl)n2C. The minimum Gasteiger partial charge on any atom is -0.331 e. The van der Waals surface area contributed by atoms with Crippen LogP contribution < -0.4 is 0 Å². The van der Waals surface area contributed by atoms with E-state index in [2.05, 4.69) is 4.98 Å². The third kappa shape index (κ3) is 4.74. The van der Waals surface area contributed by atoms with E-state index in [0.29, 0.717) is 38.6 Å². The molecule has 2 aromatic carbocycles. The second-order valence-electron chi connectivity index (χ2n) is 6.89. The topological polar surface area (TPSA) is 61.2 Å². The van der Waals surface area contributed by atoms with Crippen molar-refractivity contribution in [3.63, 3.8) is 0 Å². The van der Waals surface area contributed by atoms with Crippen molar-refractivity contribution >= 4 is 44.4 Å². The van der Waals surface area contributed by atoms with Crippen molar-refractivity contribution in [2.45, 2.75) is 26.1 Å². The summed E-state index contributed by atoms with van der Waals surface area (Å²) in [6, 6.07) is 5.22. The number of benzene rings is 2. The Morgan fingerprint density at radius 2 is 1.87 bits per heavy atom. The predicted octanol–water partition coefficient (Wildman–Crippen LogP) is 5.27. The molecule has 0 aliphatic rings. The van der Waals surface area contributed by atoms with Crippen molar-refractivity contribution in [3.05, 3.63) is 62.4 Å². The standard InChI is InChI=1S/C19H17Cl2F3N2O3S/c1-10-6-12(19(22,23)24)7-15-18(10)25-16(26(15)2)8-13-14(20)5-4-11(17(13)21)9-29-30(3,27)28/h4-7H,8-9H2,1-3H3. The summed E-state index contributed by atoms with van der Waals surface area (Å²) in [4.78, 5) is 4.48. The normalized spacial score (nSPS) is 12.7. The van der Waals surface area contributed by atoms with Crippen LogP contribution in [0.25, 0.3) is 11.0 Å². The van der Waals surface area contributed by atoms with Crippen LogP contribution in [0.5, 0.6) is 0 Å². The molecule has 1 heterocycles. The quantitative estimate of drug-likeness (QED) is 0.466. The zero-order chi connectivity index (χ0) is 22.4. The van der Waals surface area contributed by atoms with E-state index >= 15 is 0 Å². The Morgan fingerprint density at radius 1 is 1.20 bits per heavy atom. The Bertz CT molecular complexity index is 1240. The third-order valence-electron chi connectivity index (χ3n) is 4.63. The minimum atomic E-state index is -4.47. The number of aryl methyl sites for hydroxylation is 2. The fraction of sp³-hybridized carbons (Fsp3) is 0.316. The molecule has 1 aromatic heterocycles. The second kappa shape index (κ2) is 8.03. The van der Waals surface area contributed by atoms with Gasteiger partial charge in [-0.1, -0.05) is 29.3 Å². The molecule has 5 nitrogen and oxygen atoms in total. The number of alkyl halides is 3. The van der Waals surface area contributed by atoms with Crippen LogP contribution in [0.1, 0.15) is 28.1 Å². The average Bonchev–Trinajstić information content (AvgIpc) is 2.93. The molecule has 3 aromatic rings. The van der Waals surface area contributed by atoms with Gasteiger partial charge >= 0.3 is 6.18 Å². The fourth-order valence-electron chi connectivity index (χ4n) is 3.08. The van der Waals surface area contributed by atoms with E-state index in [-0.39, 0.29) is 18.1 Å². The Hall–Kier alpha value is -1.81. The number of nitrogens with zero attached hydrogens (tertiary/aromatic N) is 2. The molecule has 0 aliphatic carbocycles. The van der Waals surface area contributed by atoms with Crippen molar-refractivity contribution < 1.29 is 25.8 Å². The van der Waals surface area contributed by atoms with E-state index in [1.165, 1.54) is 0 Å². The molecule has 0 N–H and O–H groups in total. The summed E-state index contributed by atoms with van der Waals surface area (Å²) in [5.41, 5.74) is 1.31. The van der Waals surface area contributed by atoms with Crippen molar-refractivity contribution in [2.75, 3.05) is 6.26 Å². The number of halogens is 5. The van der Waals surface area contributed by atoms with Crippen LogP contribution in [0.3, 0.4) is 0 Å². The van der Waals surface area contributed by atoms with Gasteiger partial charge < -0.3 is 4.57 Å². The molecule has 30 heavy (non-hydrogen) atoms. The molecule has 0 fully saturated rings. The summed E-state index contributed by atoms with van der Waals surface area (Å²) >= 11 is 12.7. The van der Waals surface area contributed by atoms with Gasteiger partial charge in [0.1, 0.15) is 5.82 Å². The van der Waals surface area contributed by atoms with Crippen LogP contribution in [0, 0.1) is 6.92 Å². The van der Waals surface area contributed by atoms with Gasteiger partial charge in [-0.15, -0.1) is 0 Å².